The van der Waals surface area contributed by atoms with E-state index in [-0.39, 0.29) is 29.5 Å². The fraction of sp³-hybridized carbons (Fsp3) is 0.250. The summed E-state index contributed by atoms with van der Waals surface area (Å²) in [5, 5.41) is 27.1. The number of rotatable bonds is 6. The number of nitrogens with zero attached hydrogens (tertiary/aromatic N) is 3. The van der Waals surface area contributed by atoms with Crippen molar-refractivity contribution in [2.24, 2.45) is 0 Å². The normalized spacial score (nSPS) is 12.1. The third-order valence-electron chi connectivity index (χ3n) is 2.69. The van der Waals surface area contributed by atoms with E-state index in [2.05, 4.69) is 10.4 Å². The maximum atomic E-state index is 13.5. The molecule has 1 atom stereocenters. The molecule has 7 nitrogen and oxygen atoms in total. The van der Waals surface area contributed by atoms with Gasteiger partial charge in [-0.25, -0.2) is 4.39 Å². The molecule has 0 spiro atoms. The first-order valence-electron chi connectivity index (χ1n) is 5.99. The molecule has 0 aliphatic heterocycles. The highest BCUT2D eigenvalue weighted by molar-refractivity contribution is 6.30. The standard InChI is InChI=1S/C12H12ClFN4O3/c13-8-1-2-12(11(14)3-8)15-5-10(19)7-17-6-9(4-16-17)18(20)21/h1-4,6,10,15,19H,5,7H2. The highest BCUT2D eigenvalue weighted by atomic mass is 35.5. The Kier molecular flexibility index (Phi) is 4.71. The van der Waals surface area contributed by atoms with Crippen LogP contribution in [0.3, 0.4) is 0 Å². The van der Waals surface area contributed by atoms with Gasteiger partial charge in [0.15, 0.2) is 0 Å². The Labute approximate surface area is 124 Å². The number of halogens is 2. The number of anilines is 1. The highest BCUT2D eigenvalue weighted by Gasteiger charge is 2.12. The number of hydrogen-bond donors (Lipinski definition) is 2. The van der Waals surface area contributed by atoms with Gasteiger partial charge in [0.25, 0.3) is 0 Å². The Morgan fingerprint density at radius 1 is 1.57 bits per heavy atom. The van der Waals surface area contributed by atoms with Crippen molar-refractivity contribution in [1.82, 2.24) is 9.78 Å². The maximum Gasteiger partial charge on any atom is 0.306 e. The van der Waals surface area contributed by atoms with Crippen molar-refractivity contribution in [1.29, 1.82) is 0 Å². The van der Waals surface area contributed by atoms with Gasteiger partial charge in [-0.3, -0.25) is 14.8 Å². The van der Waals surface area contributed by atoms with Crippen LogP contribution in [0, 0.1) is 15.9 Å². The average Bonchev–Trinajstić information content (AvgIpc) is 2.86. The average molecular weight is 315 g/mol. The third-order valence-corrected chi connectivity index (χ3v) is 2.92. The van der Waals surface area contributed by atoms with E-state index in [0.717, 1.165) is 12.3 Å². The van der Waals surface area contributed by atoms with Gasteiger partial charge in [0.2, 0.25) is 0 Å². The molecule has 21 heavy (non-hydrogen) atoms. The van der Waals surface area contributed by atoms with E-state index in [0.29, 0.717) is 0 Å². The number of nitro groups is 1. The SMILES string of the molecule is O=[N+]([O-])c1cnn(CC(O)CNc2ccc(Cl)cc2F)c1. The van der Waals surface area contributed by atoms with Crippen molar-refractivity contribution in [3.63, 3.8) is 0 Å². The van der Waals surface area contributed by atoms with Gasteiger partial charge >= 0.3 is 5.69 Å². The molecule has 2 rings (SSSR count). The fourth-order valence-electron chi connectivity index (χ4n) is 1.69. The van der Waals surface area contributed by atoms with Crippen molar-refractivity contribution in [2.45, 2.75) is 12.6 Å². The van der Waals surface area contributed by atoms with Crippen LogP contribution in [-0.2, 0) is 6.54 Å². The van der Waals surface area contributed by atoms with Gasteiger partial charge in [-0.2, -0.15) is 5.10 Å². The summed E-state index contributed by atoms with van der Waals surface area (Å²) in [6.45, 7) is 0.113. The zero-order chi connectivity index (χ0) is 15.4. The predicted octanol–water partition coefficient (Wildman–Crippen LogP) is 2.06. The van der Waals surface area contributed by atoms with E-state index in [1.165, 1.54) is 23.0 Å². The number of hydrogen-bond acceptors (Lipinski definition) is 5. The van der Waals surface area contributed by atoms with E-state index in [1.54, 1.807) is 0 Å². The summed E-state index contributed by atoms with van der Waals surface area (Å²) >= 11 is 5.63. The molecule has 0 aliphatic rings. The summed E-state index contributed by atoms with van der Waals surface area (Å²) in [4.78, 5) is 9.93. The Balaban J connectivity index is 1.89. The Morgan fingerprint density at radius 3 is 2.95 bits per heavy atom. The molecule has 2 N–H and O–H groups in total. The number of benzene rings is 1. The number of aliphatic hydroxyl groups is 1. The van der Waals surface area contributed by atoms with Gasteiger partial charge < -0.3 is 10.4 Å². The summed E-state index contributed by atoms with van der Waals surface area (Å²) in [6, 6.07) is 4.15. The van der Waals surface area contributed by atoms with Crippen molar-refractivity contribution in [3.8, 4) is 0 Å². The predicted molar refractivity (Wildman–Crippen MR) is 74.8 cm³/mol. The second kappa shape index (κ2) is 6.51. The van der Waals surface area contributed by atoms with Crippen molar-refractivity contribution < 1.29 is 14.4 Å². The molecule has 1 aromatic heterocycles. The molecule has 9 heteroatoms. The molecule has 0 fully saturated rings. The molecule has 0 saturated carbocycles. The summed E-state index contributed by atoms with van der Waals surface area (Å²) in [5.41, 5.74) is 0.0591. The topological polar surface area (TPSA) is 93.2 Å². The van der Waals surface area contributed by atoms with Crippen LogP contribution in [0.25, 0.3) is 0 Å². The van der Waals surface area contributed by atoms with Crippen molar-refractivity contribution in [2.75, 3.05) is 11.9 Å². The van der Waals surface area contributed by atoms with Gasteiger partial charge in [0.1, 0.15) is 18.2 Å². The molecule has 1 heterocycles. The lowest BCUT2D eigenvalue weighted by Gasteiger charge is -2.13. The Hall–Kier alpha value is -2.19. The van der Waals surface area contributed by atoms with Gasteiger partial charge in [-0.05, 0) is 18.2 Å². The molecule has 0 bridgehead atoms. The fourth-order valence-corrected chi connectivity index (χ4v) is 1.85. The molecule has 112 valence electrons. The minimum absolute atomic E-state index is 0.0516. The van der Waals surface area contributed by atoms with Crippen LogP contribution in [0.2, 0.25) is 5.02 Å². The Morgan fingerprint density at radius 2 is 2.33 bits per heavy atom. The first-order valence-corrected chi connectivity index (χ1v) is 6.37. The quantitative estimate of drug-likeness (QED) is 0.629. The van der Waals surface area contributed by atoms with Crippen LogP contribution in [-0.4, -0.2) is 32.5 Å². The molecule has 0 aliphatic carbocycles. The monoisotopic (exact) mass is 314 g/mol. The zero-order valence-corrected chi connectivity index (χ0v) is 11.5. The zero-order valence-electron chi connectivity index (χ0n) is 10.7. The molecule has 0 amide bonds. The number of aromatic nitrogens is 2. The van der Waals surface area contributed by atoms with E-state index in [4.69, 9.17) is 11.6 Å². The van der Waals surface area contributed by atoms with Gasteiger partial charge in [-0.1, -0.05) is 11.6 Å². The molecule has 1 aromatic carbocycles. The molecular weight excluding hydrogens is 303 g/mol. The minimum atomic E-state index is -0.889. The number of aliphatic hydroxyl groups excluding tert-OH is 1. The first-order chi connectivity index (χ1) is 9.95. The van der Waals surface area contributed by atoms with Crippen LogP contribution in [0.15, 0.2) is 30.6 Å². The molecule has 2 aromatic rings. The van der Waals surface area contributed by atoms with E-state index < -0.39 is 16.8 Å². The molecular formula is C12H12ClFN4O3. The summed E-state index contributed by atoms with van der Waals surface area (Å²) < 4.78 is 14.8. The number of nitrogens with one attached hydrogen (secondary N) is 1. The molecule has 1 unspecified atom stereocenters. The summed E-state index contributed by atoms with van der Waals surface area (Å²) in [5.74, 6) is -0.524. The molecule has 0 radical (unpaired) electrons. The lowest BCUT2D eigenvalue weighted by molar-refractivity contribution is -0.385. The van der Waals surface area contributed by atoms with E-state index >= 15 is 0 Å². The van der Waals surface area contributed by atoms with Gasteiger partial charge in [0.05, 0.1) is 23.3 Å². The van der Waals surface area contributed by atoms with Crippen LogP contribution < -0.4 is 5.32 Å². The Bertz CT molecular complexity index is 649. The third kappa shape index (κ3) is 4.14. The maximum absolute atomic E-state index is 13.5. The summed E-state index contributed by atoms with van der Waals surface area (Å²) in [6.07, 6.45) is 1.42. The first kappa shape index (κ1) is 15.2. The largest absolute Gasteiger partial charge is 0.389 e. The van der Waals surface area contributed by atoms with E-state index in [9.17, 15) is 19.6 Å². The van der Waals surface area contributed by atoms with Crippen LogP contribution in [0.4, 0.5) is 15.8 Å². The lowest BCUT2D eigenvalue weighted by atomic mass is 10.3. The molecule has 0 saturated heterocycles. The summed E-state index contributed by atoms with van der Waals surface area (Å²) in [7, 11) is 0. The second-order valence-corrected chi connectivity index (χ2v) is 4.77. The minimum Gasteiger partial charge on any atom is -0.389 e. The van der Waals surface area contributed by atoms with Crippen molar-refractivity contribution in [3.05, 3.63) is 51.5 Å². The smallest absolute Gasteiger partial charge is 0.306 e. The second-order valence-electron chi connectivity index (χ2n) is 4.34. The highest BCUT2D eigenvalue weighted by Crippen LogP contribution is 2.18. The lowest BCUT2D eigenvalue weighted by Crippen LogP contribution is -2.25. The van der Waals surface area contributed by atoms with E-state index in [1.807, 2.05) is 0 Å². The van der Waals surface area contributed by atoms with Crippen molar-refractivity contribution >= 4 is 23.0 Å². The van der Waals surface area contributed by atoms with Crippen LogP contribution in [0.5, 0.6) is 0 Å². The van der Waals surface area contributed by atoms with Gasteiger partial charge in [0, 0.05) is 11.6 Å². The van der Waals surface area contributed by atoms with Crippen LogP contribution in [0.1, 0.15) is 0 Å². The van der Waals surface area contributed by atoms with Crippen LogP contribution >= 0.6 is 11.6 Å². The van der Waals surface area contributed by atoms with Gasteiger partial charge in [-0.15, -0.1) is 0 Å².